The van der Waals surface area contributed by atoms with E-state index in [-0.39, 0.29) is 0 Å². The first-order valence-corrected chi connectivity index (χ1v) is 5.21. The average Bonchev–Trinajstić information content (AvgIpc) is 2.75. The summed E-state index contributed by atoms with van der Waals surface area (Å²) >= 11 is 0. The standard InChI is InChI=1S/C7H2NO3P/c9-12-5-4(3-1-10-2-8-3)11-7(12)6(5)12/h1-2H. The summed E-state index contributed by atoms with van der Waals surface area (Å²) in [5, 5.41) is 1.85. The Balaban J connectivity index is 2.06. The van der Waals surface area contributed by atoms with Crippen LogP contribution >= 0.6 is 7.14 Å². The number of aromatic nitrogens is 1. The summed E-state index contributed by atoms with van der Waals surface area (Å²) in [4.78, 5) is 3.92. The largest absolute Gasteiger partial charge is 0.451 e. The van der Waals surface area contributed by atoms with Crippen molar-refractivity contribution in [1.29, 1.82) is 0 Å². The van der Waals surface area contributed by atoms with Gasteiger partial charge in [0.1, 0.15) is 12.0 Å². The minimum atomic E-state index is -2.08. The van der Waals surface area contributed by atoms with E-state index in [2.05, 4.69) is 4.98 Å². The number of fused-ring (bicyclic) bond motifs is 1. The van der Waals surface area contributed by atoms with E-state index in [0.29, 0.717) is 17.0 Å². The Hall–Kier alpha value is -1.28. The van der Waals surface area contributed by atoms with Crippen LogP contribution < -0.4 is 16.1 Å². The van der Waals surface area contributed by atoms with E-state index in [9.17, 15) is 4.57 Å². The van der Waals surface area contributed by atoms with E-state index >= 15 is 0 Å². The Kier molecular flexibility index (Phi) is 0.542. The monoisotopic (exact) mass is 179 g/mol. The molecular formula is C7H2NO3P. The minimum Gasteiger partial charge on any atom is -0.451 e. The van der Waals surface area contributed by atoms with Crippen molar-refractivity contribution in [2.45, 2.75) is 0 Å². The predicted molar refractivity (Wildman–Crippen MR) is 40.7 cm³/mol. The molecule has 0 saturated heterocycles. The van der Waals surface area contributed by atoms with Crippen LogP contribution in [0.25, 0.3) is 11.5 Å². The Bertz CT molecular complexity index is 542. The van der Waals surface area contributed by atoms with E-state index in [1.807, 2.05) is 0 Å². The fourth-order valence-electron chi connectivity index (χ4n) is 1.60. The van der Waals surface area contributed by atoms with Crippen molar-refractivity contribution >= 4 is 23.3 Å². The van der Waals surface area contributed by atoms with Crippen molar-refractivity contribution in [1.82, 2.24) is 4.98 Å². The molecule has 3 aliphatic heterocycles. The smallest absolute Gasteiger partial charge is 0.214 e. The first-order chi connectivity index (χ1) is 5.83. The minimum absolute atomic E-state index is 0.646. The molecule has 0 aliphatic carbocycles. The van der Waals surface area contributed by atoms with Crippen molar-refractivity contribution in [2.24, 2.45) is 0 Å². The second kappa shape index (κ2) is 1.21. The van der Waals surface area contributed by atoms with Gasteiger partial charge in [-0.25, -0.2) is 4.98 Å². The lowest BCUT2D eigenvalue weighted by Crippen LogP contribution is -1.95. The number of nitrogens with zero attached hydrogens (tertiary/aromatic N) is 1. The van der Waals surface area contributed by atoms with Crippen LogP contribution in [0.2, 0.25) is 0 Å². The first-order valence-electron chi connectivity index (χ1n) is 3.50. The van der Waals surface area contributed by atoms with Crippen molar-refractivity contribution < 1.29 is 13.4 Å². The number of furan rings is 1. The highest BCUT2D eigenvalue weighted by Crippen LogP contribution is 2.70. The lowest BCUT2D eigenvalue weighted by atomic mass is 10.4. The van der Waals surface area contributed by atoms with Crippen LogP contribution in [0.4, 0.5) is 0 Å². The van der Waals surface area contributed by atoms with E-state index < -0.39 is 7.14 Å². The van der Waals surface area contributed by atoms with E-state index in [1.165, 1.54) is 12.7 Å². The molecule has 12 heavy (non-hydrogen) atoms. The number of oxazole rings is 1. The molecule has 0 spiro atoms. The van der Waals surface area contributed by atoms with E-state index in [4.69, 9.17) is 8.83 Å². The molecule has 5 heteroatoms. The van der Waals surface area contributed by atoms with Gasteiger partial charge in [0.15, 0.2) is 17.7 Å². The third kappa shape index (κ3) is 0.329. The molecule has 2 aromatic rings. The maximum Gasteiger partial charge on any atom is 0.214 e. The molecule has 0 radical (unpaired) electrons. The van der Waals surface area contributed by atoms with Crippen LogP contribution in [0.1, 0.15) is 0 Å². The average molecular weight is 179 g/mol. The molecule has 1 unspecified atom stereocenters. The van der Waals surface area contributed by atoms with Gasteiger partial charge in [0, 0.05) is 0 Å². The van der Waals surface area contributed by atoms with Gasteiger partial charge in [0.25, 0.3) is 0 Å². The van der Waals surface area contributed by atoms with Crippen molar-refractivity contribution in [3.8, 4) is 11.5 Å². The van der Waals surface area contributed by atoms with Gasteiger partial charge in [-0.05, 0) is 0 Å². The van der Waals surface area contributed by atoms with Gasteiger partial charge < -0.3 is 13.4 Å². The maximum absolute atomic E-state index is 11.5. The van der Waals surface area contributed by atoms with Crippen LogP contribution in [-0.2, 0) is 4.57 Å². The normalized spacial score (nSPS) is 27.0. The molecule has 0 N–H and O–H groups in total. The van der Waals surface area contributed by atoms with Crippen LogP contribution in [-0.4, -0.2) is 4.98 Å². The zero-order valence-electron chi connectivity index (χ0n) is 5.77. The fourth-order valence-corrected chi connectivity index (χ4v) is 4.09. The SMILES string of the molecule is O=P12c3oc(-c4cocn4)c1c32. The molecule has 0 aromatic carbocycles. The van der Waals surface area contributed by atoms with Crippen molar-refractivity contribution in [3.05, 3.63) is 12.7 Å². The predicted octanol–water partition coefficient (Wildman–Crippen LogP) is 0.201. The van der Waals surface area contributed by atoms with E-state index in [1.54, 1.807) is 0 Å². The molecule has 0 saturated carbocycles. The molecular weight excluding hydrogens is 177 g/mol. The molecule has 2 aromatic heterocycles. The highest BCUT2D eigenvalue weighted by atomic mass is 31.2. The maximum atomic E-state index is 11.5. The van der Waals surface area contributed by atoms with Crippen molar-refractivity contribution in [3.63, 3.8) is 0 Å². The summed E-state index contributed by atoms with van der Waals surface area (Å²) in [6.07, 6.45) is 2.83. The third-order valence-electron chi connectivity index (χ3n) is 2.32. The molecule has 0 amide bonds. The summed E-state index contributed by atoms with van der Waals surface area (Å²) in [6.45, 7) is 0. The number of hydrogen-bond donors (Lipinski definition) is 0. The van der Waals surface area contributed by atoms with Gasteiger partial charge in [-0.15, -0.1) is 0 Å². The summed E-state index contributed by atoms with van der Waals surface area (Å²) in [5.41, 5.74) is 1.35. The Labute approximate surface area is 66.6 Å². The van der Waals surface area contributed by atoms with Gasteiger partial charge >= 0.3 is 0 Å². The van der Waals surface area contributed by atoms with Gasteiger partial charge in [-0.2, -0.15) is 0 Å². The van der Waals surface area contributed by atoms with E-state index in [0.717, 1.165) is 10.6 Å². The Morgan fingerprint density at radius 1 is 1.42 bits per heavy atom. The lowest BCUT2D eigenvalue weighted by Gasteiger charge is -1.81. The van der Waals surface area contributed by atoms with Crippen molar-refractivity contribution in [2.75, 3.05) is 0 Å². The van der Waals surface area contributed by atoms with Crippen LogP contribution in [0.3, 0.4) is 0 Å². The van der Waals surface area contributed by atoms with Gasteiger partial charge in [0.05, 0.1) is 10.6 Å². The molecule has 1 atom stereocenters. The summed E-state index contributed by atoms with van der Waals surface area (Å²) < 4.78 is 21.6. The third-order valence-corrected chi connectivity index (χ3v) is 4.87. The molecule has 4 nitrogen and oxygen atoms in total. The van der Waals surface area contributed by atoms with Crippen LogP contribution in [0, 0.1) is 0 Å². The Morgan fingerprint density at radius 3 is 2.75 bits per heavy atom. The zero-order valence-corrected chi connectivity index (χ0v) is 6.67. The molecule has 2 bridgehead atoms. The highest BCUT2D eigenvalue weighted by Gasteiger charge is 2.74. The fraction of sp³-hybridized carbons (Fsp3) is 0. The summed E-state index contributed by atoms with van der Waals surface area (Å²) in [7, 11) is -2.08. The first kappa shape index (κ1) is 5.38. The molecule has 5 heterocycles. The topological polar surface area (TPSA) is 56.2 Å². The Morgan fingerprint density at radius 2 is 2.25 bits per heavy atom. The summed E-state index contributed by atoms with van der Waals surface area (Å²) in [6, 6.07) is 0. The molecule has 58 valence electrons. The number of hydrogen-bond acceptors (Lipinski definition) is 4. The highest BCUT2D eigenvalue weighted by molar-refractivity contribution is 8.06. The quantitative estimate of drug-likeness (QED) is 0.391. The zero-order chi connectivity index (χ0) is 7.92. The van der Waals surface area contributed by atoms with Gasteiger partial charge in [0.2, 0.25) is 7.14 Å². The molecule has 0 fully saturated rings. The van der Waals surface area contributed by atoms with Gasteiger partial charge in [-0.3, -0.25) is 0 Å². The van der Waals surface area contributed by atoms with Crippen LogP contribution in [0.15, 0.2) is 21.5 Å². The van der Waals surface area contributed by atoms with Gasteiger partial charge in [-0.1, -0.05) is 0 Å². The molecule has 5 rings (SSSR count). The number of rotatable bonds is 1. The van der Waals surface area contributed by atoms with Crippen LogP contribution in [0.5, 0.6) is 0 Å². The second-order valence-electron chi connectivity index (χ2n) is 2.92. The summed E-state index contributed by atoms with van der Waals surface area (Å²) in [5.74, 6) is 0.650. The molecule has 3 aliphatic rings. The lowest BCUT2D eigenvalue weighted by molar-refractivity contribution is 0.557. The second-order valence-corrected chi connectivity index (χ2v) is 5.44.